The van der Waals surface area contributed by atoms with Crippen LogP contribution in [0.25, 0.3) is 0 Å². The summed E-state index contributed by atoms with van der Waals surface area (Å²) in [6.07, 6.45) is 16.9. The number of aliphatic hydroxyl groups is 1. The molecule has 23 heavy (non-hydrogen) atoms. The van der Waals surface area contributed by atoms with Crippen LogP contribution in [0, 0.1) is 28.6 Å². The van der Waals surface area contributed by atoms with E-state index in [1.807, 2.05) is 6.08 Å². The normalized spacial score (nSPS) is 52.1. The predicted molar refractivity (Wildman–Crippen MR) is 96.1 cm³/mol. The molecule has 0 saturated heterocycles. The Balaban J connectivity index is 1.67. The molecule has 6 atom stereocenters. The van der Waals surface area contributed by atoms with Gasteiger partial charge in [0.1, 0.15) is 0 Å². The second-order valence-corrected chi connectivity index (χ2v) is 9.47. The molecular formula is C22H34O. The standard InChI is InChI=1S/C22H34O/c1-4-12-22(23)15-11-19-17-9-8-16-7-5-6-13-20(16,2)18(17)10-14-21(19,22)3/h4,7,17-19,23H,1,5-6,8-15H2,2-3H3/t17-,18+,19+,20+,21+,22+/m1/s1. The molecular weight excluding hydrogens is 280 g/mol. The number of rotatable bonds is 2. The summed E-state index contributed by atoms with van der Waals surface area (Å²) in [6.45, 7) is 8.89. The molecule has 3 fully saturated rings. The highest BCUT2D eigenvalue weighted by molar-refractivity contribution is 5.24. The van der Waals surface area contributed by atoms with Gasteiger partial charge in [-0.15, -0.1) is 6.58 Å². The number of hydrogen-bond donors (Lipinski definition) is 1. The van der Waals surface area contributed by atoms with Gasteiger partial charge >= 0.3 is 0 Å². The lowest BCUT2D eigenvalue weighted by Crippen LogP contribution is -2.54. The molecule has 0 aromatic rings. The smallest absolute Gasteiger partial charge is 0.0738 e. The zero-order chi connectivity index (χ0) is 16.3. The van der Waals surface area contributed by atoms with E-state index < -0.39 is 5.60 Å². The van der Waals surface area contributed by atoms with E-state index in [0.29, 0.717) is 5.41 Å². The van der Waals surface area contributed by atoms with Crippen LogP contribution in [-0.2, 0) is 0 Å². The van der Waals surface area contributed by atoms with Crippen LogP contribution in [-0.4, -0.2) is 10.7 Å². The van der Waals surface area contributed by atoms with Crippen LogP contribution in [0.1, 0.15) is 78.1 Å². The molecule has 128 valence electrons. The Kier molecular flexibility index (Phi) is 3.61. The Morgan fingerprint density at radius 1 is 1.17 bits per heavy atom. The lowest BCUT2D eigenvalue weighted by molar-refractivity contribution is -0.125. The fourth-order valence-corrected chi connectivity index (χ4v) is 7.44. The molecule has 0 aromatic heterocycles. The van der Waals surface area contributed by atoms with Gasteiger partial charge in [-0.3, -0.25) is 0 Å². The Morgan fingerprint density at radius 2 is 1.96 bits per heavy atom. The van der Waals surface area contributed by atoms with E-state index >= 15 is 0 Å². The van der Waals surface area contributed by atoms with Crippen molar-refractivity contribution < 1.29 is 5.11 Å². The van der Waals surface area contributed by atoms with Crippen molar-refractivity contribution >= 4 is 0 Å². The van der Waals surface area contributed by atoms with Gasteiger partial charge in [-0.25, -0.2) is 0 Å². The monoisotopic (exact) mass is 314 g/mol. The van der Waals surface area contributed by atoms with Gasteiger partial charge in [-0.1, -0.05) is 31.6 Å². The third kappa shape index (κ3) is 2.01. The molecule has 1 nitrogen and oxygen atoms in total. The van der Waals surface area contributed by atoms with Crippen LogP contribution < -0.4 is 0 Å². The Labute approximate surface area is 142 Å². The van der Waals surface area contributed by atoms with Crippen LogP contribution in [0.4, 0.5) is 0 Å². The molecule has 1 N–H and O–H groups in total. The van der Waals surface area contributed by atoms with Crippen LogP contribution in [0.2, 0.25) is 0 Å². The fraction of sp³-hybridized carbons (Fsp3) is 0.818. The van der Waals surface area contributed by atoms with E-state index in [4.69, 9.17) is 0 Å². The van der Waals surface area contributed by atoms with Crippen molar-refractivity contribution in [3.63, 3.8) is 0 Å². The third-order valence-corrected chi connectivity index (χ3v) is 8.83. The van der Waals surface area contributed by atoms with Crippen LogP contribution in [0.15, 0.2) is 24.3 Å². The number of allylic oxidation sites excluding steroid dienone is 2. The van der Waals surface area contributed by atoms with E-state index in [0.717, 1.165) is 30.6 Å². The molecule has 0 unspecified atom stereocenters. The van der Waals surface area contributed by atoms with Crippen molar-refractivity contribution in [2.75, 3.05) is 0 Å². The lowest BCUT2D eigenvalue weighted by Gasteiger charge is -2.59. The Hall–Kier alpha value is -0.560. The first-order chi connectivity index (χ1) is 10.9. The summed E-state index contributed by atoms with van der Waals surface area (Å²) in [5.41, 5.74) is 1.89. The zero-order valence-electron chi connectivity index (χ0n) is 15.1. The largest absolute Gasteiger partial charge is 0.389 e. The predicted octanol–water partition coefficient (Wildman–Crippen LogP) is 5.65. The molecule has 0 amide bonds. The molecule has 4 aliphatic rings. The maximum atomic E-state index is 11.3. The van der Waals surface area contributed by atoms with Gasteiger partial charge in [0.25, 0.3) is 0 Å². The molecule has 0 aliphatic heterocycles. The summed E-state index contributed by atoms with van der Waals surface area (Å²) < 4.78 is 0. The first-order valence-corrected chi connectivity index (χ1v) is 9.97. The summed E-state index contributed by atoms with van der Waals surface area (Å²) in [7, 11) is 0. The van der Waals surface area contributed by atoms with Crippen LogP contribution in [0.5, 0.6) is 0 Å². The van der Waals surface area contributed by atoms with E-state index in [1.165, 1.54) is 51.4 Å². The van der Waals surface area contributed by atoms with Gasteiger partial charge in [0, 0.05) is 0 Å². The summed E-state index contributed by atoms with van der Waals surface area (Å²) in [5, 5.41) is 11.3. The van der Waals surface area contributed by atoms with Crippen LogP contribution >= 0.6 is 0 Å². The second-order valence-electron chi connectivity index (χ2n) is 9.47. The Morgan fingerprint density at radius 3 is 2.74 bits per heavy atom. The summed E-state index contributed by atoms with van der Waals surface area (Å²) in [6, 6.07) is 0. The summed E-state index contributed by atoms with van der Waals surface area (Å²) in [5.74, 6) is 2.44. The number of hydrogen-bond acceptors (Lipinski definition) is 1. The van der Waals surface area contributed by atoms with Gasteiger partial charge in [0.15, 0.2) is 0 Å². The van der Waals surface area contributed by atoms with E-state index in [1.54, 1.807) is 5.57 Å². The molecule has 0 aromatic carbocycles. The molecule has 4 aliphatic carbocycles. The van der Waals surface area contributed by atoms with Crippen molar-refractivity contribution in [1.82, 2.24) is 0 Å². The van der Waals surface area contributed by atoms with E-state index in [9.17, 15) is 5.11 Å². The maximum absolute atomic E-state index is 11.3. The van der Waals surface area contributed by atoms with Gasteiger partial charge in [-0.2, -0.15) is 0 Å². The first kappa shape index (κ1) is 15.9. The fourth-order valence-electron chi connectivity index (χ4n) is 7.44. The SMILES string of the molecule is C=CC[C@]1(O)CC[C@H]2[C@@H]3CCC4=CCCC[C@]4(C)[C@H]3CC[C@@]21C. The van der Waals surface area contributed by atoms with E-state index in [2.05, 4.69) is 26.5 Å². The van der Waals surface area contributed by atoms with Crippen molar-refractivity contribution in [1.29, 1.82) is 0 Å². The summed E-state index contributed by atoms with van der Waals surface area (Å²) in [4.78, 5) is 0. The second kappa shape index (κ2) is 5.22. The molecule has 0 spiro atoms. The highest BCUT2D eigenvalue weighted by Crippen LogP contribution is 2.68. The summed E-state index contributed by atoms with van der Waals surface area (Å²) >= 11 is 0. The third-order valence-electron chi connectivity index (χ3n) is 8.83. The van der Waals surface area contributed by atoms with Crippen molar-refractivity contribution in [3.8, 4) is 0 Å². The first-order valence-electron chi connectivity index (χ1n) is 9.97. The minimum absolute atomic E-state index is 0.120. The molecule has 3 saturated carbocycles. The van der Waals surface area contributed by atoms with Crippen molar-refractivity contribution in [3.05, 3.63) is 24.3 Å². The minimum atomic E-state index is -0.492. The highest BCUT2D eigenvalue weighted by Gasteiger charge is 2.63. The van der Waals surface area contributed by atoms with E-state index in [-0.39, 0.29) is 5.41 Å². The molecule has 4 rings (SSSR count). The molecule has 1 heteroatoms. The quantitative estimate of drug-likeness (QED) is 0.653. The molecule has 0 bridgehead atoms. The Bertz CT molecular complexity index is 534. The van der Waals surface area contributed by atoms with Crippen molar-refractivity contribution in [2.24, 2.45) is 28.6 Å². The lowest BCUT2D eigenvalue weighted by atomic mass is 9.46. The molecule has 0 radical (unpaired) electrons. The average Bonchev–Trinajstić information content (AvgIpc) is 2.79. The number of fused-ring (bicyclic) bond motifs is 5. The van der Waals surface area contributed by atoms with Gasteiger partial charge in [-0.05, 0) is 92.8 Å². The topological polar surface area (TPSA) is 20.2 Å². The maximum Gasteiger partial charge on any atom is 0.0738 e. The highest BCUT2D eigenvalue weighted by atomic mass is 16.3. The van der Waals surface area contributed by atoms with Gasteiger partial charge in [0.2, 0.25) is 0 Å². The zero-order valence-corrected chi connectivity index (χ0v) is 15.1. The van der Waals surface area contributed by atoms with Crippen molar-refractivity contribution in [2.45, 2.75) is 83.7 Å². The van der Waals surface area contributed by atoms with Gasteiger partial charge in [0.05, 0.1) is 5.60 Å². The minimum Gasteiger partial charge on any atom is -0.389 e. The average molecular weight is 315 g/mol. The molecule has 0 heterocycles. The van der Waals surface area contributed by atoms with Gasteiger partial charge < -0.3 is 5.11 Å². The van der Waals surface area contributed by atoms with Crippen LogP contribution in [0.3, 0.4) is 0 Å².